The Bertz CT molecular complexity index is 1670. The molecule has 3 N–H and O–H groups in total. The number of hydrogen-bond acceptors (Lipinski definition) is 7. The summed E-state index contributed by atoms with van der Waals surface area (Å²) in [4.78, 5) is 26.5. The number of carbonyl (C=O) groups is 2. The molecule has 214 valence electrons. The van der Waals surface area contributed by atoms with Gasteiger partial charge < -0.3 is 20.3 Å². The number of nitrogens with zero attached hydrogens (tertiary/aromatic N) is 1. The number of ether oxygens (including phenoxy) is 1. The maximum atomic E-state index is 13.5. The quantitative estimate of drug-likeness (QED) is 0.195. The van der Waals surface area contributed by atoms with E-state index in [1.807, 2.05) is 6.07 Å². The Hall–Kier alpha value is -4.06. The first-order chi connectivity index (χ1) is 19.6. The number of amides is 2. The van der Waals surface area contributed by atoms with Crippen molar-refractivity contribution in [1.29, 1.82) is 0 Å². The monoisotopic (exact) mass is 612 g/mol. The highest BCUT2D eigenvalue weighted by Crippen LogP contribution is 2.32. The fourth-order valence-electron chi connectivity index (χ4n) is 3.98. The fraction of sp³-hybridized carbons (Fsp3) is 0.172. The van der Waals surface area contributed by atoms with E-state index in [0.717, 1.165) is 0 Å². The molecule has 0 aliphatic carbocycles. The van der Waals surface area contributed by atoms with Gasteiger partial charge in [0.1, 0.15) is 15.5 Å². The van der Waals surface area contributed by atoms with Crippen molar-refractivity contribution in [2.75, 3.05) is 44.3 Å². The van der Waals surface area contributed by atoms with Gasteiger partial charge in [-0.25, -0.2) is 8.42 Å². The van der Waals surface area contributed by atoms with E-state index in [1.54, 1.807) is 80.1 Å². The van der Waals surface area contributed by atoms with Gasteiger partial charge in [0, 0.05) is 38.4 Å². The van der Waals surface area contributed by atoms with Gasteiger partial charge in [0.15, 0.2) is 0 Å². The third kappa shape index (κ3) is 7.37. The van der Waals surface area contributed by atoms with Crippen LogP contribution >= 0.6 is 22.9 Å². The number of benzene rings is 3. The zero-order chi connectivity index (χ0) is 29.6. The maximum absolute atomic E-state index is 13.5. The summed E-state index contributed by atoms with van der Waals surface area (Å²) < 4.78 is 34.9. The van der Waals surface area contributed by atoms with Crippen LogP contribution in [0.4, 0.5) is 11.4 Å². The third-order valence-electron chi connectivity index (χ3n) is 5.98. The Labute approximate surface area is 248 Å². The summed E-state index contributed by atoms with van der Waals surface area (Å²) in [5.74, 6) is -0.226. The van der Waals surface area contributed by atoms with Crippen LogP contribution in [0, 0.1) is 0 Å². The molecule has 0 spiro atoms. The lowest BCUT2D eigenvalue weighted by atomic mass is 10.0. The van der Waals surface area contributed by atoms with Crippen molar-refractivity contribution in [1.82, 2.24) is 10.2 Å². The number of methoxy groups -OCH3 is 1. The minimum atomic E-state index is -4.06. The van der Waals surface area contributed by atoms with Gasteiger partial charge in [0.2, 0.25) is 0 Å². The van der Waals surface area contributed by atoms with E-state index < -0.39 is 10.0 Å². The van der Waals surface area contributed by atoms with Gasteiger partial charge in [0.05, 0.1) is 17.8 Å². The molecule has 41 heavy (non-hydrogen) atoms. The first kappa shape index (κ1) is 29.9. The summed E-state index contributed by atoms with van der Waals surface area (Å²) in [6.45, 7) is 0.755. The summed E-state index contributed by atoms with van der Waals surface area (Å²) >= 11 is 7.27. The molecular weight excluding hydrogens is 584 g/mol. The zero-order valence-corrected chi connectivity index (χ0v) is 25.0. The molecule has 12 heteroatoms. The van der Waals surface area contributed by atoms with Gasteiger partial charge in [-0.2, -0.15) is 0 Å². The van der Waals surface area contributed by atoms with E-state index in [1.165, 1.54) is 29.4 Å². The molecule has 4 aromatic rings. The van der Waals surface area contributed by atoms with Crippen LogP contribution in [0.5, 0.6) is 5.75 Å². The molecule has 0 radical (unpaired) electrons. The molecule has 0 saturated heterocycles. The number of carbonyl (C=O) groups excluding carboxylic acids is 2. The standard InChI is InChI=1S/C29H29ClN4O5S2/c1-34(2)29(36)21-7-4-6-19(16-21)20-10-11-25(39-3)26(17-20)41(37,38)33-23-9-5-8-22(18-23)31-13-14-32-28(35)27-24(30)12-15-40-27/h4-12,15-18,31,33H,13-14H2,1-3H3,(H,32,35). The molecule has 0 aliphatic rings. The van der Waals surface area contributed by atoms with Crippen molar-refractivity contribution in [3.8, 4) is 16.9 Å². The largest absolute Gasteiger partial charge is 0.495 e. The molecule has 0 saturated carbocycles. The SMILES string of the molecule is COc1ccc(-c2cccc(C(=O)N(C)C)c2)cc1S(=O)(=O)Nc1cccc(NCCNC(=O)c2sccc2Cl)c1. The van der Waals surface area contributed by atoms with E-state index in [0.29, 0.717) is 51.1 Å². The number of rotatable bonds is 11. The van der Waals surface area contributed by atoms with Gasteiger partial charge in [0.25, 0.3) is 21.8 Å². The average Bonchev–Trinajstić information content (AvgIpc) is 3.40. The first-order valence-electron chi connectivity index (χ1n) is 12.5. The highest BCUT2D eigenvalue weighted by Gasteiger charge is 2.21. The van der Waals surface area contributed by atoms with Crippen molar-refractivity contribution >= 4 is 56.2 Å². The molecule has 1 heterocycles. The fourth-order valence-corrected chi connectivity index (χ4v) is 6.28. The highest BCUT2D eigenvalue weighted by molar-refractivity contribution is 7.92. The molecule has 1 aromatic heterocycles. The Kier molecular flexibility index (Phi) is 9.53. The minimum absolute atomic E-state index is 0.0462. The second kappa shape index (κ2) is 13.1. The summed E-state index contributed by atoms with van der Waals surface area (Å²) in [6, 6.07) is 20.3. The van der Waals surface area contributed by atoms with Crippen molar-refractivity contribution in [2.45, 2.75) is 4.90 Å². The van der Waals surface area contributed by atoms with Crippen LogP contribution in [0.15, 0.2) is 83.1 Å². The minimum Gasteiger partial charge on any atom is -0.495 e. The lowest BCUT2D eigenvalue weighted by Crippen LogP contribution is -2.28. The first-order valence-corrected chi connectivity index (χ1v) is 15.2. The zero-order valence-electron chi connectivity index (χ0n) is 22.6. The Morgan fingerprint density at radius 3 is 2.37 bits per heavy atom. The molecule has 3 aromatic carbocycles. The van der Waals surface area contributed by atoms with Gasteiger partial charge in [-0.1, -0.05) is 35.9 Å². The van der Waals surface area contributed by atoms with Crippen LogP contribution in [0.3, 0.4) is 0 Å². The number of nitrogens with one attached hydrogen (secondary N) is 3. The van der Waals surface area contributed by atoms with Gasteiger partial charge in [-0.3, -0.25) is 14.3 Å². The van der Waals surface area contributed by atoms with E-state index in [-0.39, 0.29) is 22.5 Å². The molecule has 9 nitrogen and oxygen atoms in total. The highest BCUT2D eigenvalue weighted by atomic mass is 35.5. The molecule has 0 unspecified atom stereocenters. The smallest absolute Gasteiger partial charge is 0.265 e. The predicted octanol–water partition coefficient (Wildman–Crippen LogP) is 5.42. The third-order valence-corrected chi connectivity index (χ3v) is 8.72. The van der Waals surface area contributed by atoms with E-state index in [2.05, 4.69) is 15.4 Å². The van der Waals surface area contributed by atoms with E-state index >= 15 is 0 Å². The number of sulfonamides is 1. The summed E-state index contributed by atoms with van der Waals surface area (Å²) in [5, 5.41) is 8.12. The molecule has 4 rings (SSSR count). The van der Waals surface area contributed by atoms with E-state index in [9.17, 15) is 18.0 Å². The second-order valence-electron chi connectivity index (χ2n) is 9.11. The van der Waals surface area contributed by atoms with Crippen LogP contribution in [0.1, 0.15) is 20.0 Å². The lowest BCUT2D eigenvalue weighted by Gasteiger charge is -2.15. The summed E-state index contributed by atoms with van der Waals surface area (Å²) in [7, 11) is 0.689. The molecule has 0 bridgehead atoms. The van der Waals surface area contributed by atoms with Gasteiger partial charge in [-0.15, -0.1) is 11.3 Å². The predicted molar refractivity (Wildman–Crippen MR) is 164 cm³/mol. The number of anilines is 2. The molecule has 0 fully saturated rings. The number of thiophene rings is 1. The Morgan fingerprint density at radius 2 is 1.66 bits per heavy atom. The normalized spacial score (nSPS) is 11.0. The average molecular weight is 613 g/mol. The van der Waals surface area contributed by atoms with Gasteiger partial charge >= 0.3 is 0 Å². The van der Waals surface area contributed by atoms with Crippen molar-refractivity contribution in [2.24, 2.45) is 0 Å². The lowest BCUT2D eigenvalue weighted by molar-refractivity contribution is 0.0827. The van der Waals surface area contributed by atoms with Crippen molar-refractivity contribution in [3.63, 3.8) is 0 Å². The number of hydrogen-bond donors (Lipinski definition) is 3. The number of halogens is 1. The van der Waals surface area contributed by atoms with Gasteiger partial charge in [-0.05, 0) is 65.0 Å². The van der Waals surface area contributed by atoms with Crippen LogP contribution in [-0.2, 0) is 10.0 Å². The molecular formula is C29H29ClN4O5S2. The van der Waals surface area contributed by atoms with Crippen molar-refractivity contribution in [3.05, 3.63) is 93.6 Å². The second-order valence-corrected chi connectivity index (χ2v) is 12.1. The summed E-state index contributed by atoms with van der Waals surface area (Å²) in [5.41, 5.74) is 2.80. The Morgan fingerprint density at radius 1 is 0.927 bits per heavy atom. The summed E-state index contributed by atoms with van der Waals surface area (Å²) in [6.07, 6.45) is 0. The van der Waals surface area contributed by atoms with Crippen molar-refractivity contribution < 1.29 is 22.7 Å². The van der Waals surface area contributed by atoms with Crippen LogP contribution in [0.25, 0.3) is 11.1 Å². The van der Waals surface area contributed by atoms with Crippen LogP contribution < -0.4 is 20.1 Å². The Balaban J connectivity index is 1.48. The molecule has 0 aliphatic heterocycles. The topological polar surface area (TPSA) is 117 Å². The van der Waals surface area contributed by atoms with Crippen LogP contribution in [-0.4, -0.2) is 59.4 Å². The van der Waals surface area contributed by atoms with E-state index in [4.69, 9.17) is 16.3 Å². The maximum Gasteiger partial charge on any atom is 0.265 e. The molecule has 0 atom stereocenters. The van der Waals surface area contributed by atoms with Crippen LogP contribution in [0.2, 0.25) is 5.02 Å². The molecule has 2 amide bonds.